The van der Waals surface area contributed by atoms with E-state index in [0.717, 1.165) is 12.5 Å². The van der Waals surface area contributed by atoms with Crippen LogP contribution in [0.25, 0.3) is 0 Å². The summed E-state index contributed by atoms with van der Waals surface area (Å²) in [6.07, 6.45) is -3.77. The van der Waals surface area contributed by atoms with Gasteiger partial charge in [-0.25, -0.2) is 0 Å². The first-order valence-corrected chi connectivity index (χ1v) is 6.54. The molecule has 7 heteroatoms. The van der Waals surface area contributed by atoms with Gasteiger partial charge in [0.2, 0.25) is 5.91 Å². The molecule has 0 bridgehead atoms. The third-order valence-corrected chi connectivity index (χ3v) is 3.02. The summed E-state index contributed by atoms with van der Waals surface area (Å²) in [4.78, 5) is 11.5. The lowest BCUT2D eigenvalue weighted by Crippen LogP contribution is -2.57. The Balaban J connectivity index is 2.89. The van der Waals surface area contributed by atoms with Crippen molar-refractivity contribution in [3.63, 3.8) is 0 Å². The van der Waals surface area contributed by atoms with Crippen molar-refractivity contribution >= 4 is 5.91 Å². The Morgan fingerprint density at radius 3 is 2.48 bits per heavy atom. The van der Waals surface area contributed by atoms with Crippen molar-refractivity contribution in [2.45, 2.75) is 32.0 Å². The average molecular weight is 304 g/mol. The number of amides is 1. The van der Waals surface area contributed by atoms with Crippen molar-refractivity contribution in [2.24, 2.45) is 5.73 Å². The predicted molar refractivity (Wildman–Crippen MR) is 72.8 cm³/mol. The zero-order valence-electron chi connectivity index (χ0n) is 12.0. The van der Waals surface area contributed by atoms with E-state index in [9.17, 15) is 18.0 Å². The number of carbonyl (C=O) groups excluding carboxylic acids is 1. The van der Waals surface area contributed by atoms with Crippen LogP contribution in [0.5, 0.6) is 5.75 Å². The molecule has 0 radical (unpaired) electrons. The molecular formula is C14H19F3N2O2. The molecule has 0 saturated heterocycles. The van der Waals surface area contributed by atoms with Crippen LogP contribution in [0.1, 0.15) is 25.8 Å². The zero-order chi connectivity index (χ0) is 16.1. The highest BCUT2D eigenvalue weighted by Gasteiger charge is 2.36. The van der Waals surface area contributed by atoms with E-state index in [-0.39, 0.29) is 12.4 Å². The van der Waals surface area contributed by atoms with Crippen LogP contribution in [-0.2, 0) is 11.0 Å². The van der Waals surface area contributed by atoms with Crippen LogP contribution >= 0.6 is 0 Å². The molecule has 1 amide bonds. The molecule has 1 aromatic rings. The minimum atomic E-state index is -4.52. The van der Waals surface area contributed by atoms with Crippen LogP contribution in [0.2, 0.25) is 0 Å². The molecule has 0 spiro atoms. The Kier molecular flexibility index (Phi) is 5.60. The van der Waals surface area contributed by atoms with Crippen molar-refractivity contribution < 1.29 is 22.7 Å². The van der Waals surface area contributed by atoms with Gasteiger partial charge in [0.05, 0.1) is 5.56 Å². The molecule has 3 N–H and O–H groups in total. The van der Waals surface area contributed by atoms with Gasteiger partial charge in [-0.3, -0.25) is 4.79 Å². The van der Waals surface area contributed by atoms with Crippen molar-refractivity contribution in [3.05, 3.63) is 29.8 Å². The number of carbonyl (C=O) groups is 1. The van der Waals surface area contributed by atoms with Gasteiger partial charge in [0.1, 0.15) is 17.9 Å². The van der Waals surface area contributed by atoms with E-state index in [4.69, 9.17) is 10.5 Å². The van der Waals surface area contributed by atoms with Crippen LogP contribution < -0.4 is 15.8 Å². The third kappa shape index (κ3) is 4.63. The number of nitrogens with one attached hydrogen (secondary N) is 1. The fourth-order valence-electron chi connectivity index (χ4n) is 1.66. The monoisotopic (exact) mass is 304 g/mol. The van der Waals surface area contributed by atoms with Crippen molar-refractivity contribution in [1.82, 2.24) is 5.32 Å². The van der Waals surface area contributed by atoms with Crippen LogP contribution in [0, 0.1) is 0 Å². The van der Waals surface area contributed by atoms with Gasteiger partial charge in [0.15, 0.2) is 0 Å². The highest BCUT2D eigenvalue weighted by Crippen LogP contribution is 2.36. The summed E-state index contributed by atoms with van der Waals surface area (Å²) in [6, 6.07) is 4.85. The largest absolute Gasteiger partial charge is 0.490 e. The molecule has 1 rings (SSSR count). The Labute approximate surface area is 121 Å². The fourth-order valence-corrected chi connectivity index (χ4v) is 1.66. The highest BCUT2D eigenvalue weighted by atomic mass is 19.4. The Morgan fingerprint density at radius 1 is 1.33 bits per heavy atom. The average Bonchev–Trinajstić information content (AvgIpc) is 2.42. The molecule has 0 fully saturated rings. The first kappa shape index (κ1) is 17.3. The first-order chi connectivity index (χ1) is 9.70. The van der Waals surface area contributed by atoms with Crippen LogP contribution in [0.15, 0.2) is 24.3 Å². The third-order valence-electron chi connectivity index (χ3n) is 3.02. The molecule has 1 atom stereocenters. The molecule has 0 aromatic heterocycles. The van der Waals surface area contributed by atoms with E-state index >= 15 is 0 Å². The summed E-state index contributed by atoms with van der Waals surface area (Å²) < 4.78 is 43.7. The predicted octanol–water partition coefficient (Wildman–Crippen LogP) is 2.33. The number of rotatable bonds is 7. The van der Waals surface area contributed by atoms with Gasteiger partial charge in [0, 0.05) is 0 Å². The van der Waals surface area contributed by atoms with E-state index in [1.165, 1.54) is 25.1 Å². The lowest BCUT2D eigenvalue weighted by Gasteiger charge is -2.28. The second-order valence-electron chi connectivity index (χ2n) is 4.91. The Hall–Kier alpha value is -1.76. The van der Waals surface area contributed by atoms with Gasteiger partial charge in [0.25, 0.3) is 0 Å². The number of benzene rings is 1. The lowest BCUT2D eigenvalue weighted by atomic mass is 10.0. The molecule has 0 saturated carbocycles. The lowest BCUT2D eigenvalue weighted by molar-refractivity contribution is -0.139. The fraction of sp³-hybridized carbons (Fsp3) is 0.500. The highest BCUT2D eigenvalue weighted by molar-refractivity contribution is 5.84. The summed E-state index contributed by atoms with van der Waals surface area (Å²) in [5.41, 5.74) is 3.19. The second-order valence-corrected chi connectivity index (χ2v) is 4.91. The SMILES string of the molecule is CCCNC(C)(COc1ccccc1C(F)(F)F)C(N)=O. The number of hydrogen-bond acceptors (Lipinski definition) is 3. The molecule has 21 heavy (non-hydrogen) atoms. The summed E-state index contributed by atoms with van der Waals surface area (Å²) in [7, 11) is 0. The summed E-state index contributed by atoms with van der Waals surface area (Å²) >= 11 is 0. The Morgan fingerprint density at radius 2 is 1.95 bits per heavy atom. The Bertz CT molecular complexity index is 491. The minimum absolute atomic E-state index is 0.282. The normalized spacial score (nSPS) is 14.5. The molecular weight excluding hydrogens is 285 g/mol. The van der Waals surface area contributed by atoms with Crippen molar-refractivity contribution in [3.8, 4) is 5.75 Å². The van der Waals surface area contributed by atoms with Gasteiger partial charge in [-0.1, -0.05) is 19.1 Å². The number of hydrogen-bond donors (Lipinski definition) is 2. The summed E-state index contributed by atoms with van der Waals surface area (Å²) in [5.74, 6) is -1.00. The molecule has 0 aliphatic heterocycles. The summed E-state index contributed by atoms with van der Waals surface area (Å²) in [6.45, 7) is 3.62. The number of primary amides is 1. The standard InChI is InChI=1S/C14H19F3N2O2/c1-3-8-19-13(2,12(18)20)9-21-11-7-5-4-6-10(11)14(15,16)17/h4-7,19H,3,8-9H2,1-2H3,(H2,18,20). The maximum absolute atomic E-state index is 12.8. The quantitative estimate of drug-likeness (QED) is 0.812. The van der Waals surface area contributed by atoms with Crippen LogP contribution in [0.4, 0.5) is 13.2 Å². The zero-order valence-corrected chi connectivity index (χ0v) is 12.0. The number of ether oxygens (including phenoxy) is 1. The van der Waals surface area contributed by atoms with Gasteiger partial charge in [-0.05, 0) is 32.0 Å². The van der Waals surface area contributed by atoms with E-state index in [2.05, 4.69) is 5.32 Å². The van der Waals surface area contributed by atoms with Gasteiger partial charge >= 0.3 is 6.18 Å². The topological polar surface area (TPSA) is 64.3 Å². The van der Waals surface area contributed by atoms with Gasteiger partial charge in [-0.2, -0.15) is 13.2 Å². The van der Waals surface area contributed by atoms with Crippen molar-refractivity contribution in [1.29, 1.82) is 0 Å². The molecule has 0 heterocycles. The van der Waals surface area contributed by atoms with Crippen LogP contribution in [-0.4, -0.2) is 24.6 Å². The van der Waals surface area contributed by atoms with Gasteiger partial charge in [-0.15, -0.1) is 0 Å². The number of nitrogens with two attached hydrogens (primary N) is 1. The smallest absolute Gasteiger partial charge is 0.419 e. The maximum atomic E-state index is 12.8. The molecule has 1 unspecified atom stereocenters. The molecule has 0 aliphatic carbocycles. The van der Waals surface area contributed by atoms with Crippen LogP contribution in [0.3, 0.4) is 0 Å². The van der Waals surface area contributed by atoms with Gasteiger partial charge < -0.3 is 15.8 Å². The molecule has 1 aromatic carbocycles. The van der Waals surface area contributed by atoms with E-state index in [0.29, 0.717) is 6.54 Å². The minimum Gasteiger partial charge on any atom is -0.490 e. The maximum Gasteiger partial charge on any atom is 0.419 e. The summed E-state index contributed by atoms with van der Waals surface area (Å²) in [5, 5.41) is 2.89. The molecule has 4 nitrogen and oxygen atoms in total. The van der Waals surface area contributed by atoms with E-state index in [1.54, 1.807) is 0 Å². The molecule has 118 valence electrons. The van der Waals surface area contributed by atoms with E-state index < -0.39 is 23.2 Å². The second kappa shape index (κ2) is 6.80. The number of para-hydroxylation sites is 1. The van der Waals surface area contributed by atoms with E-state index in [1.807, 2.05) is 6.92 Å². The van der Waals surface area contributed by atoms with Crippen molar-refractivity contribution in [2.75, 3.05) is 13.2 Å². The first-order valence-electron chi connectivity index (χ1n) is 6.54. The number of alkyl halides is 3. The molecule has 0 aliphatic rings. The number of halogens is 3.